The number of carbonyl (C=O) groups excluding carboxylic acids is 3. The molecule has 3 amide bonds. The van der Waals surface area contributed by atoms with Crippen molar-refractivity contribution in [3.05, 3.63) is 94.5 Å². The lowest BCUT2D eigenvalue weighted by atomic mass is 10.1. The molecule has 3 rings (SSSR count). The first kappa shape index (κ1) is 28.1. The molecular weight excluding hydrogens is 552 g/mol. The van der Waals surface area contributed by atoms with Crippen LogP contribution >= 0.6 is 15.9 Å². The predicted octanol–water partition coefficient (Wildman–Crippen LogP) is 4.74. The highest BCUT2D eigenvalue weighted by Crippen LogP contribution is 2.25. The van der Waals surface area contributed by atoms with Crippen LogP contribution in [0.25, 0.3) is 0 Å². The number of nitrogens with zero attached hydrogens (tertiary/aromatic N) is 1. The molecule has 0 aliphatic heterocycles. The van der Waals surface area contributed by atoms with Crippen LogP contribution in [0.15, 0.2) is 82.9 Å². The summed E-state index contributed by atoms with van der Waals surface area (Å²) < 4.78 is 11.9. The zero-order valence-corrected chi connectivity index (χ0v) is 22.5. The van der Waals surface area contributed by atoms with Gasteiger partial charge in [0.15, 0.2) is 6.61 Å². The van der Waals surface area contributed by atoms with Gasteiger partial charge in [-0.25, -0.2) is 5.43 Å². The Bertz CT molecular complexity index is 1320. The fraction of sp³-hybridized carbons (Fsp3) is 0.143. The standard InChI is InChI=1S/C28H27BrN4O5/c1-4-13-37-23-11-7-22(8-12-23)31-27(35)28(36)33-30-16-20-5-9-24(10-6-20)38-17-25(34)32-26-18(2)14-21(29)15-19(26)3/h4-12,14-16H,1,13,17H2,2-3H3,(H,31,35)(H,32,34)(H,33,36)/b30-16-. The van der Waals surface area contributed by atoms with Crippen LogP contribution in [-0.4, -0.2) is 37.1 Å². The summed E-state index contributed by atoms with van der Waals surface area (Å²) in [5.74, 6) is -0.955. The zero-order valence-electron chi connectivity index (χ0n) is 20.9. The fourth-order valence-corrected chi connectivity index (χ4v) is 3.96. The summed E-state index contributed by atoms with van der Waals surface area (Å²) in [6.07, 6.45) is 3.00. The molecule has 0 aliphatic carbocycles. The third-order valence-corrected chi connectivity index (χ3v) is 5.54. The first-order valence-corrected chi connectivity index (χ1v) is 12.3. The summed E-state index contributed by atoms with van der Waals surface area (Å²) in [5, 5.41) is 9.15. The molecule has 38 heavy (non-hydrogen) atoms. The van der Waals surface area contributed by atoms with Crippen LogP contribution in [0.4, 0.5) is 11.4 Å². The highest BCUT2D eigenvalue weighted by atomic mass is 79.9. The van der Waals surface area contributed by atoms with Crippen molar-refractivity contribution in [2.75, 3.05) is 23.8 Å². The van der Waals surface area contributed by atoms with Crippen LogP contribution in [0.3, 0.4) is 0 Å². The topological polar surface area (TPSA) is 118 Å². The van der Waals surface area contributed by atoms with Crippen molar-refractivity contribution in [2.45, 2.75) is 13.8 Å². The van der Waals surface area contributed by atoms with Gasteiger partial charge in [-0.05, 0) is 91.2 Å². The van der Waals surface area contributed by atoms with Crippen molar-refractivity contribution in [1.82, 2.24) is 5.43 Å². The SMILES string of the molecule is C=CCOc1ccc(NC(=O)C(=O)N/N=C\c2ccc(OCC(=O)Nc3c(C)cc(Br)cc3C)cc2)cc1. The molecule has 9 nitrogen and oxygen atoms in total. The molecule has 196 valence electrons. The lowest BCUT2D eigenvalue weighted by Gasteiger charge is -2.13. The number of hydrogen-bond acceptors (Lipinski definition) is 6. The molecule has 3 aromatic rings. The highest BCUT2D eigenvalue weighted by Gasteiger charge is 2.13. The lowest BCUT2D eigenvalue weighted by molar-refractivity contribution is -0.136. The van der Waals surface area contributed by atoms with E-state index in [0.717, 1.165) is 21.3 Å². The minimum atomic E-state index is -0.921. The van der Waals surface area contributed by atoms with E-state index in [2.05, 4.69) is 43.7 Å². The Kier molecular flexibility index (Phi) is 10.2. The first-order chi connectivity index (χ1) is 18.2. The Morgan fingerprint density at radius 1 is 0.895 bits per heavy atom. The summed E-state index contributed by atoms with van der Waals surface area (Å²) in [6, 6.07) is 17.1. The second kappa shape index (κ2) is 13.8. The van der Waals surface area contributed by atoms with Crippen LogP contribution in [0, 0.1) is 13.8 Å². The number of hydrogen-bond donors (Lipinski definition) is 3. The maximum atomic E-state index is 12.3. The monoisotopic (exact) mass is 578 g/mol. The third kappa shape index (κ3) is 8.59. The van der Waals surface area contributed by atoms with Crippen molar-refractivity contribution in [3.63, 3.8) is 0 Å². The molecule has 0 atom stereocenters. The zero-order chi connectivity index (χ0) is 27.5. The molecule has 0 unspecified atom stereocenters. The second-order valence-electron chi connectivity index (χ2n) is 8.10. The van der Waals surface area contributed by atoms with Gasteiger partial charge in [0.05, 0.1) is 6.21 Å². The van der Waals surface area contributed by atoms with Crippen molar-refractivity contribution < 1.29 is 23.9 Å². The van der Waals surface area contributed by atoms with Crippen LogP contribution in [0.5, 0.6) is 11.5 Å². The molecule has 0 aliphatic rings. The van der Waals surface area contributed by atoms with Gasteiger partial charge in [-0.15, -0.1) is 0 Å². The molecule has 0 fully saturated rings. The highest BCUT2D eigenvalue weighted by molar-refractivity contribution is 9.10. The molecule has 3 N–H and O–H groups in total. The summed E-state index contributed by atoms with van der Waals surface area (Å²) in [4.78, 5) is 36.4. The smallest absolute Gasteiger partial charge is 0.329 e. The van der Waals surface area contributed by atoms with E-state index >= 15 is 0 Å². The fourth-order valence-electron chi connectivity index (χ4n) is 3.28. The van der Waals surface area contributed by atoms with Gasteiger partial charge in [0.25, 0.3) is 5.91 Å². The van der Waals surface area contributed by atoms with Crippen LogP contribution < -0.4 is 25.5 Å². The Hall–Kier alpha value is -4.44. The molecule has 0 saturated heterocycles. The first-order valence-electron chi connectivity index (χ1n) is 11.5. The number of nitrogens with one attached hydrogen (secondary N) is 3. The van der Waals surface area contributed by atoms with E-state index in [4.69, 9.17) is 9.47 Å². The molecule has 0 radical (unpaired) electrons. The van der Waals surface area contributed by atoms with Crippen LogP contribution in [0.1, 0.15) is 16.7 Å². The van der Waals surface area contributed by atoms with Crippen LogP contribution in [-0.2, 0) is 14.4 Å². The van der Waals surface area contributed by atoms with E-state index in [1.54, 1.807) is 54.6 Å². The number of anilines is 2. The Balaban J connectivity index is 1.43. The number of amides is 3. The predicted molar refractivity (Wildman–Crippen MR) is 151 cm³/mol. The number of benzene rings is 3. The lowest BCUT2D eigenvalue weighted by Crippen LogP contribution is -2.32. The largest absolute Gasteiger partial charge is 0.490 e. The van der Waals surface area contributed by atoms with Crippen molar-refractivity contribution in [2.24, 2.45) is 5.10 Å². The molecule has 3 aromatic carbocycles. The summed E-state index contributed by atoms with van der Waals surface area (Å²) in [7, 11) is 0. The van der Waals surface area contributed by atoms with Gasteiger partial charge >= 0.3 is 11.8 Å². The summed E-state index contributed by atoms with van der Waals surface area (Å²) >= 11 is 3.44. The molecule has 0 aromatic heterocycles. The quantitative estimate of drug-likeness (QED) is 0.139. The molecular formula is C28H27BrN4O5. The maximum Gasteiger partial charge on any atom is 0.329 e. The molecule has 0 saturated carbocycles. The normalized spacial score (nSPS) is 10.5. The van der Waals surface area contributed by atoms with Crippen molar-refractivity contribution in [1.29, 1.82) is 0 Å². The van der Waals surface area contributed by atoms with Crippen molar-refractivity contribution in [3.8, 4) is 11.5 Å². The van der Waals surface area contributed by atoms with E-state index < -0.39 is 11.8 Å². The Labute approximate surface area is 229 Å². The minimum absolute atomic E-state index is 0.155. The average molecular weight is 579 g/mol. The average Bonchev–Trinajstić information content (AvgIpc) is 2.89. The number of hydrazone groups is 1. The van der Waals surface area contributed by atoms with Gasteiger partial charge in [0.2, 0.25) is 0 Å². The van der Waals surface area contributed by atoms with Gasteiger partial charge in [0.1, 0.15) is 18.1 Å². The number of halogens is 1. The van der Waals surface area contributed by atoms with Gasteiger partial charge in [-0.3, -0.25) is 14.4 Å². The van der Waals surface area contributed by atoms with Crippen molar-refractivity contribution >= 4 is 51.2 Å². The van der Waals surface area contributed by atoms with E-state index in [-0.39, 0.29) is 12.5 Å². The van der Waals surface area contributed by atoms with Crippen LogP contribution in [0.2, 0.25) is 0 Å². The van der Waals surface area contributed by atoms with Gasteiger partial charge in [0, 0.05) is 15.8 Å². The van der Waals surface area contributed by atoms with E-state index in [1.165, 1.54) is 6.21 Å². The Morgan fingerprint density at radius 2 is 1.50 bits per heavy atom. The number of rotatable bonds is 10. The van der Waals surface area contributed by atoms with Gasteiger partial charge in [-0.1, -0.05) is 28.6 Å². The van der Waals surface area contributed by atoms with E-state index in [9.17, 15) is 14.4 Å². The number of aryl methyl sites for hydroxylation is 2. The summed E-state index contributed by atoms with van der Waals surface area (Å²) in [5.41, 5.74) is 5.92. The van der Waals surface area contributed by atoms with Gasteiger partial charge < -0.3 is 20.1 Å². The summed E-state index contributed by atoms with van der Waals surface area (Å²) in [6.45, 7) is 7.63. The maximum absolute atomic E-state index is 12.3. The molecule has 0 spiro atoms. The molecule has 10 heteroatoms. The Morgan fingerprint density at radius 3 is 2.13 bits per heavy atom. The molecule has 0 bridgehead atoms. The number of ether oxygens (including phenoxy) is 2. The second-order valence-corrected chi connectivity index (χ2v) is 9.01. The van der Waals surface area contributed by atoms with Gasteiger partial charge in [-0.2, -0.15) is 5.10 Å². The van der Waals surface area contributed by atoms with E-state index in [1.807, 2.05) is 26.0 Å². The third-order valence-electron chi connectivity index (χ3n) is 5.08. The minimum Gasteiger partial charge on any atom is -0.490 e. The van der Waals surface area contributed by atoms with E-state index in [0.29, 0.717) is 29.4 Å². The number of carbonyl (C=O) groups is 3. The molecule has 0 heterocycles.